The van der Waals surface area contributed by atoms with Crippen LogP contribution in [0.15, 0.2) is 18.5 Å². The molecule has 0 radical (unpaired) electrons. The molecule has 2 rings (SSSR count). The van der Waals surface area contributed by atoms with Crippen LogP contribution in [0, 0.1) is 13.8 Å². The van der Waals surface area contributed by atoms with E-state index in [0.717, 1.165) is 17.0 Å². The van der Waals surface area contributed by atoms with E-state index < -0.39 is 0 Å². The van der Waals surface area contributed by atoms with Gasteiger partial charge in [-0.25, -0.2) is 9.97 Å². The van der Waals surface area contributed by atoms with E-state index in [4.69, 9.17) is 0 Å². The predicted octanol–water partition coefficient (Wildman–Crippen LogP) is 0.998. The molecule has 2 heterocycles. The molecule has 2 aromatic heterocycles. The van der Waals surface area contributed by atoms with Gasteiger partial charge in [-0.3, -0.25) is 15.2 Å². The van der Waals surface area contributed by atoms with Gasteiger partial charge in [-0.1, -0.05) is 0 Å². The van der Waals surface area contributed by atoms with Crippen molar-refractivity contribution in [3.05, 3.63) is 35.4 Å². The van der Waals surface area contributed by atoms with Crippen molar-refractivity contribution in [3.63, 3.8) is 0 Å². The zero-order chi connectivity index (χ0) is 12.3. The quantitative estimate of drug-likeness (QED) is 0.825. The summed E-state index contributed by atoms with van der Waals surface area (Å²) in [7, 11) is 0. The monoisotopic (exact) mass is 231 g/mol. The second-order valence-corrected chi connectivity index (χ2v) is 3.71. The van der Waals surface area contributed by atoms with Crippen LogP contribution in [0.1, 0.15) is 17.0 Å². The van der Waals surface area contributed by atoms with Crippen molar-refractivity contribution in [2.24, 2.45) is 0 Å². The molecular formula is C11H13N5O. The lowest BCUT2D eigenvalue weighted by atomic mass is 10.1. The lowest BCUT2D eigenvalue weighted by molar-refractivity contribution is -0.115. The maximum absolute atomic E-state index is 11.8. The van der Waals surface area contributed by atoms with Gasteiger partial charge in [0.2, 0.25) is 11.9 Å². The lowest BCUT2D eigenvalue weighted by Gasteiger charge is -2.03. The van der Waals surface area contributed by atoms with Gasteiger partial charge in [0, 0.05) is 23.7 Å². The Hall–Kier alpha value is -2.24. The maximum atomic E-state index is 11.8. The summed E-state index contributed by atoms with van der Waals surface area (Å²) in [5.74, 6) is 0.167. The highest BCUT2D eigenvalue weighted by atomic mass is 16.1. The molecule has 0 aliphatic rings. The Labute approximate surface area is 98.5 Å². The van der Waals surface area contributed by atoms with E-state index in [1.165, 1.54) is 0 Å². The van der Waals surface area contributed by atoms with Crippen LogP contribution < -0.4 is 5.32 Å². The normalized spacial score (nSPS) is 10.2. The summed E-state index contributed by atoms with van der Waals surface area (Å²) in [6.07, 6.45) is 3.43. The first-order chi connectivity index (χ1) is 8.16. The molecule has 17 heavy (non-hydrogen) atoms. The third-order valence-electron chi connectivity index (χ3n) is 2.44. The smallest absolute Gasteiger partial charge is 0.231 e. The van der Waals surface area contributed by atoms with Crippen LogP contribution in [0.2, 0.25) is 0 Å². The molecule has 0 unspecified atom stereocenters. The first-order valence-corrected chi connectivity index (χ1v) is 5.24. The first-order valence-electron chi connectivity index (χ1n) is 5.24. The summed E-state index contributed by atoms with van der Waals surface area (Å²) in [6, 6.07) is 1.69. The third-order valence-corrected chi connectivity index (χ3v) is 2.44. The number of hydrogen-bond acceptors (Lipinski definition) is 4. The Kier molecular flexibility index (Phi) is 3.13. The van der Waals surface area contributed by atoms with Crippen molar-refractivity contribution >= 4 is 11.9 Å². The molecule has 0 saturated heterocycles. The zero-order valence-corrected chi connectivity index (χ0v) is 9.69. The SMILES string of the molecule is Cc1n[nH]c(C)c1CC(=O)Nc1ncccn1. The van der Waals surface area contributed by atoms with E-state index in [2.05, 4.69) is 25.5 Å². The molecule has 88 valence electrons. The number of nitrogens with one attached hydrogen (secondary N) is 2. The minimum Gasteiger partial charge on any atom is -0.294 e. The van der Waals surface area contributed by atoms with Gasteiger partial charge >= 0.3 is 0 Å². The first kappa shape index (κ1) is 11.3. The van der Waals surface area contributed by atoms with Crippen LogP contribution in [-0.2, 0) is 11.2 Å². The minimum absolute atomic E-state index is 0.149. The molecular weight excluding hydrogens is 218 g/mol. The summed E-state index contributed by atoms with van der Waals surface area (Å²) >= 11 is 0. The fourth-order valence-electron chi connectivity index (χ4n) is 1.53. The minimum atomic E-state index is -0.149. The predicted molar refractivity (Wildman–Crippen MR) is 62.4 cm³/mol. The van der Waals surface area contributed by atoms with Gasteiger partial charge in [-0.15, -0.1) is 0 Å². The van der Waals surface area contributed by atoms with Gasteiger partial charge < -0.3 is 0 Å². The zero-order valence-electron chi connectivity index (χ0n) is 9.69. The number of aryl methyl sites for hydroxylation is 2. The fraction of sp³-hybridized carbons (Fsp3) is 0.273. The lowest BCUT2D eigenvalue weighted by Crippen LogP contribution is -2.16. The van der Waals surface area contributed by atoms with Crippen LogP contribution in [0.25, 0.3) is 0 Å². The van der Waals surface area contributed by atoms with Crippen molar-refractivity contribution in [3.8, 4) is 0 Å². The Morgan fingerprint density at radius 3 is 2.65 bits per heavy atom. The second kappa shape index (κ2) is 4.73. The number of anilines is 1. The van der Waals surface area contributed by atoms with E-state index in [1.807, 2.05) is 13.8 Å². The van der Waals surface area contributed by atoms with Crippen LogP contribution in [-0.4, -0.2) is 26.1 Å². The fourth-order valence-corrected chi connectivity index (χ4v) is 1.53. The Balaban J connectivity index is 2.03. The molecule has 6 heteroatoms. The third kappa shape index (κ3) is 2.66. The molecule has 0 aliphatic carbocycles. The molecule has 0 atom stereocenters. The summed E-state index contributed by atoms with van der Waals surface area (Å²) < 4.78 is 0. The molecule has 6 nitrogen and oxygen atoms in total. The molecule has 0 saturated carbocycles. The van der Waals surface area contributed by atoms with Crippen molar-refractivity contribution < 1.29 is 4.79 Å². The topological polar surface area (TPSA) is 83.6 Å². The number of hydrogen-bond donors (Lipinski definition) is 2. The standard InChI is InChI=1S/C11H13N5O/c1-7-9(8(2)16-15-7)6-10(17)14-11-12-4-3-5-13-11/h3-5H,6H2,1-2H3,(H,15,16)(H,12,13,14,17). The summed E-state index contributed by atoms with van der Waals surface area (Å²) in [4.78, 5) is 19.6. The van der Waals surface area contributed by atoms with Crippen molar-refractivity contribution in [2.45, 2.75) is 20.3 Å². The molecule has 0 bridgehead atoms. The average Bonchev–Trinajstić information content (AvgIpc) is 2.62. The van der Waals surface area contributed by atoms with Crippen molar-refractivity contribution in [2.75, 3.05) is 5.32 Å². The molecule has 2 aromatic rings. The highest BCUT2D eigenvalue weighted by Gasteiger charge is 2.11. The molecule has 0 aliphatic heterocycles. The Bertz CT molecular complexity index is 500. The number of carbonyl (C=O) groups is 1. The number of rotatable bonds is 3. The number of aromatic nitrogens is 4. The number of H-pyrrole nitrogens is 1. The summed E-state index contributed by atoms with van der Waals surface area (Å²) in [6.45, 7) is 3.76. The number of aromatic amines is 1. The highest BCUT2D eigenvalue weighted by molar-refractivity contribution is 5.90. The molecule has 0 spiro atoms. The summed E-state index contributed by atoms with van der Waals surface area (Å²) in [5, 5.41) is 9.52. The van der Waals surface area contributed by atoms with Crippen molar-refractivity contribution in [1.29, 1.82) is 0 Å². The molecule has 2 N–H and O–H groups in total. The second-order valence-electron chi connectivity index (χ2n) is 3.71. The number of carbonyl (C=O) groups excluding carboxylic acids is 1. The van der Waals surface area contributed by atoms with Crippen LogP contribution in [0.5, 0.6) is 0 Å². The van der Waals surface area contributed by atoms with Crippen LogP contribution >= 0.6 is 0 Å². The van der Waals surface area contributed by atoms with Crippen LogP contribution in [0.4, 0.5) is 5.95 Å². The largest absolute Gasteiger partial charge is 0.294 e. The number of nitrogens with zero attached hydrogens (tertiary/aromatic N) is 3. The summed E-state index contributed by atoms with van der Waals surface area (Å²) in [5.41, 5.74) is 2.66. The van der Waals surface area contributed by atoms with E-state index >= 15 is 0 Å². The van der Waals surface area contributed by atoms with Gasteiger partial charge in [0.25, 0.3) is 0 Å². The van der Waals surface area contributed by atoms with Gasteiger partial charge in [0.05, 0.1) is 12.1 Å². The average molecular weight is 231 g/mol. The van der Waals surface area contributed by atoms with Crippen molar-refractivity contribution in [1.82, 2.24) is 20.2 Å². The number of amides is 1. The van der Waals surface area contributed by atoms with Gasteiger partial charge in [-0.05, 0) is 19.9 Å². The highest BCUT2D eigenvalue weighted by Crippen LogP contribution is 2.10. The Morgan fingerprint density at radius 1 is 1.35 bits per heavy atom. The molecule has 0 aromatic carbocycles. The maximum Gasteiger partial charge on any atom is 0.231 e. The van der Waals surface area contributed by atoms with Gasteiger partial charge in [0.15, 0.2) is 0 Å². The van der Waals surface area contributed by atoms with Crippen LogP contribution in [0.3, 0.4) is 0 Å². The Morgan fingerprint density at radius 2 is 2.06 bits per heavy atom. The van der Waals surface area contributed by atoms with E-state index in [9.17, 15) is 4.79 Å². The molecule has 0 fully saturated rings. The van der Waals surface area contributed by atoms with E-state index in [1.54, 1.807) is 18.5 Å². The van der Waals surface area contributed by atoms with Gasteiger partial charge in [-0.2, -0.15) is 5.10 Å². The van der Waals surface area contributed by atoms with Gasteiger partial charge in [0.1, 0.15) is 0 Å². The van der Waals surface area contributed by atoms with E-state index in [-0.39, 0.29) is 12.3 Å². The van der Waals surface area contributed by atoms with E-state index in [0.29, 0.717) is 5.95 Å². The molecule has 1 amide bonds.